The second kappa shape index (κ2) is 6.97. The lowest BCUT2D eigenvalue weighted by Crippen LogP contribution is -2.28. The molecule has 1 aromatic heterocycles. The summed E-state index contributed by atoms with van der Waals surface area (Å²) in [4.78, 5) is 6.42. The molecule has 0 amide bonds. The van der Waals surface area contributed by atoms with Gasteiger partial charge in [0.2, 0.25) is 0 Å². The molecule has 0 aliphatic carbocycles. The lowest BCUT2D eigenvalue weighted by atomic mass is 10.2. The molecule has 0 spiro atoms. The first-order valence-electron chi connectivity index (χ1n) is 5.70. The minimum absolute atomic E-state index is 0.590. The Bertz CT molecular complexity index is 327. The summed E-state index contributed by atoms with van der Waals surface area (Å²) < 4.78 is 0. The van der Waals surface area contributed by atoms with Crippen molar-refractivity contribution in [1.82, 2.24) is 9.88 Å². The fourth-order valence-electron chi connectivity index (χ4n) is 1.71. The van der Waals surface area contributed by atoms with Gasteiger partial charge in [0.1, 0.15) is 0 Å². The zero-order valence-corrected chi connectivity index (χ0v) is 10.1. The van der Waals surface area contributed by atoms with Crippen molar-refractivity contribution in [3.8, 4) is 6.07 Å². The van der Waals surface area contributed by atoms with Crippen molar-refractivity contribution >= 4 is 0 Å². The van der Waals surface area contributed by atoms with Gasteiger partial charge >= 0.3 is 0 Å². The summed E-state index contributed by atoms with van der Waals surface area (Å²) in [6.07, 6.45) is 4.26. The van der Waals surface area contributed by atoms with Crippen molar-refractivity contribution in [2.24, 2.45) is 5.92 Å². The Morgan fingerprint density at radius 1 is 1.50 bits per heavy atom. The Labute approximate surface area is 97.7 Å². The van der Waals surface area contributed by atoms with Gasteiger partial charge in [-0.2, -0.15) is 5.26 Å². The summed E-state index contributed by atoms with van der Waals surface area (Å²) >= 11 is 0. The number of hydrogen-bond donors (Lipinski definition) is 0. The number of nitriles is 1. The van der Waals surface area contributed by atoms with Crippen LogP contribution in [0.15, 0.2) is 24.5 Å². The summed E-state index contributed by atoms with van der Waals surface area (Å²) in [7, 11) is 0. The summed E-state index contributed by atoms with van der Waals surface area (Å²) in [5.74, 6) is 0.621. The van der Waals surface area contributed by atoms with Crippen LogP contribution in [0.1, 0.15) is 25.8 Å². The molecule has 0 unspecified atom stereocenters. The van der Waals surface area contributed by atoms with Crippen LogP contribution in [0, 0.1) is 17.2 Å². The molecule has 1 rings (SSSR count). The molecule has 1 heterocycles. The molecule has 0 aliphatic rings. The van der Waals surface area contributed by atoms with Crippen LogP contribution in [0.25, 0.3) is 0 Å². The Morgan fingerprint density at radius 3 is 2.88 bits per heavy atom. The highest BCUT2D eigenvalue weighted by Gasteiger charge is 2.07. The fourth-order valence-corrected chi connectivity index (χ4v) is 1.71. The molecule has 0 atom stereocenters. The highest BCUT2D eigenvalue weighted by Crippen LogP contribution is 2.06. The van der Waals surface area contributed by atoms with Crippen molar-refractivity contribution in [3.05, 3.63) is 30.1 Å². The van der Waals surface area contributed by atoms with Crippen LogP contribution in [0.2, 0.25) is 0 Å². The van der Waals surface area contributed by atoms with Gasteiger partial charge < -0.3 is 0 Å². The van der Waals surface area contributed by atoms with Crippen molar-refractivity contribution in [2.75, 3.05) is 13.1 Å². The predicted molar refractivity (Wildman–Crippen MR) is 64.6 cm³/mol. The Kier molecular flexibility index (Phi) is 5.52. The molecule has 3 heteroatoms. The van der Waals surface area contributed by atoms with E-state index in [0.717, 1.165) is 19.6 Å². The molecule has 86 valence electrons. The van der Waals surface area contributed by atoms with E-state index in [1.54, 1.807) is 6.20 Å². The first-order valence-corrected chi connectivity index (χ1v) is 5.70. The van der Waals surface area contributed by atoms with Gasteiger partial charge in [0.05, 0.1) is 6.07 Å². The van der Waals surface area contributed by atoms with Crippen LogP contribution >= 0.6 is 0 Å². The maximum Gasteiger partial charge on any atom is 0.0635 e. The highest BCUT2D eigenvalue weighted by atomic mass is 15.1. The molecule has 16 heavy (non-hydrogen) atoms. The molecule has 0 fully saturated rings. The number of pyridine rings is 1. The summed E-state index contributed by atoms with van der Waals surface area (Å²) in [6, 6.07) is 6.23. The number of hydrogen-bond acceptors (Lipinski definition) is 3. The minimum Gasteiger partial charge on any atom is -0.298 e. The molecule has 0 saturated carbocycles. The van der Waals surface area contributed by atoms with E-state index in [-0.39, 0.29) is 0 Å². The first kappa shape index (κ1) is 12.7. The standard InChI is InChI=1S/C13H19N3/c1-12(2)10-16(8-4-6-14)11-13-5-3-7-15-9-13/h3,5,7,9,12H,4,8,10-11H2,1-2H3. The van der Waals surface area contributed by atoms with E-state index >= 15 is 0 Å². The van der Waals surface area contributed by atoms with Gasteiger partial charge in [0.15, 0.2) is 0 Å². The number of nitrogens with zero attached hydrogens (tertiary/aromatic N) is 3. The Morgan fingerprint density at radius 2 is 2.31 bits per heavy atom. The van der Waals surface area contributed by atoms with Crippen LogP contribution in [0.4, 0.5) is 0 Å². The quantitative estimate of drug-likeness (QED) is 0.734. The van der Waals surface area contributed by atoms with Crippen molar-refractivity contribution in [1.29, 1.82) is 5.26 Å². The first-order chi connectivity index (χ1) is 7.72. The second-order valence-corrected chi connectivity index (χ2v) is 4.40. The van der Waals surface area contributed by atoms with Crippen LogP contribution in [-0.2, 0) is 6.54 Å². The Hall–Kier alpha value is -1.40. The third-order valence-corrected chi connectivity index (χ3v) is 2.29. The SMILES string of the molecule is CC(C)CN(CCC#N)Cc1cccnc1. The van der Waals surface area contributed by atoms with Gasteiger partial charge in [-0.1, -0.05) is 19.9 Å². The largest absolute Gasteiger partial charge is 0.298 e. The van der Waals surface area contributed by atoms with Gasteiger partial charge in [-0.3, -0.25) is 9.88 Å². The van der Waals surface area contributed by atoms with E-state index in [1.165, 1.54) is 5.56 Å². The Balaban J connectivity index is 2.53. The lowest BCUT2D eigenvalue weighted by molar-refractivity contribution is 0.241. The van der Waals surface area contributed by atoms with Crippen molar-refractivity contribution in [3.63, 3.8) is 0 Å². The van der Waals surface area contributed by atoms with Gasteiger partial charge in [-0.05, 0) is 17.5 Å². The number of aromatic nitrogens is 1. The van der Waals surface area contributed by atoms with Crippen LogP contribution < -0.4 is 0 Å². The molecule has 0 bridgehead atoms. The van der Waals surface area contributed by atoms with E-state index in [4.69, 9.17) is 5.26 Å². The van der Waals surface area contributed by atoms with Crippen molar-refractivity contribution < 1.29 is 0 Å². The van der Waals surface area contributed by atoms with Gasteiger partial charge in [0, 0.05) is 38.4 Å². The molecule has 0 N–H and O–H groups in total. The van der Waals surface area contributed by atoms with E-state index in [0.29, 0.717) is 12.3 Å². The average Bonchev–Trinajstić information content (AvgIpc) is 2.26. The van der Waals surface area contributed by atoms with E-state index in [9.17, 15) is 0 Å². The normalized spacial score (nSPS) is 10.7. The zero-order valence-electron chi connectivity index (χ0n) is 10.1. The smallest absolute Gasteiger partial charge is 0.0635 e. The summed E-state index contributed by atoms with van der Waals surface area (Å²) in [5, 5.41) is 8.63. The van der Waals surface area contributed by atoms with Crippen LogP contribution in [0.3, 0.4) is 0 Å². The monoisotopic (exact) mass is 217 g/mol. The molecule has 0 radical (unpaired) electrons. The molecular weight excluding hydrogens is 198 g/mol. The molecule has 1 aromatic rings. The van der Waals surface area contributed by atoms with E-state index < -0.39 is 0 Å². The molecule has 0 aromatic carbocycles. The van der Waals surface area contributed by atoms with Gasteiger partial charge in [-0.25, -0.2) is 0 Å². The lowest BCUT2D eigenvalue weighted by Gasteiger charge is -2.23. The second-order valence-electron chi connectivity index (χ2n) is 4.40. The number of rotatable bonds is 6. The van der Waals surface area contributed by atoms with E-state index in [2.05, 4.69) is 35.9 Å². The maximum absolute atomic E-state index is 8.63. The zero-order chi connectivity index (χ0) is 11.8. The predicted octanol–water partition coefficient (Wildman–Crippen LogP) is 2.45. The third-order valence-electron chi connectivity index (χ3n) is 2.29. The third kappa shape index (κ3) is 4.90. The highest BCUT2D eigenvalue weighted by molar-refractivity contribution is 5.08. The van der Waals surface area contributed by atoms with Crippen molar-refractivity contribution in [2.45, 2.75) is 26.8 Å². The average molecular weight is 217 g/mol. The summed E-state index contributed by atoms with van der Waals surface area (Å²) in [5.41, 5.74) is 1.21. The molecule has 0 aliphatic heterocycles. The fraction of sp³-hybridized carbons (Fsp3) is 0.538. The maximum atomic E-state index is 8.63. The topological polar surface area (TPSA) is 39.9 Å². The molecular formula is C13H19N3. The molecule has 0 saturated heterocycles. The van der Waals surface area contributed by atoms with Crippen LogP contribution in [-0.4, -0.2) is 23.0 Å². The van der Waals surface area contributed by atoms with Crippen LogP contribution in [0.5, 0.6) is 0 Å². The minimum atomic E-state index is 0.590. The summed E-state index contributed by atoms with van der Waals surface area (Å²) in [6.45, 7) is 7.14. The van der Waals surface area contributed by atoms with Gasteiger partial charge in [-0.15, -0.1) is 0 Å². The molecule has 3 nitrogen and oxygen atoms in total. The van der Waals surface area contributed by atoms with E-state index in [1.807, 2.05) is 12.3 Å². The van der Waals surface area contributed by atoms with Gasteiger partial charge in [0.25, 0.3) is 0 Å².